The Morgan fingerprint density at radius 2 is 2.05 bits per heavy atom. The number of aromatic nitrogens is 1. The average Bonchev–Trinajstić information content (AvgIpc) is 2.42. The fourth-order valence-corrected chi connectivity index (χ4v) is 2.81. The molecule has 0 N–H and O–H groups in total. The molecule has 0 bridgehead atoms. The van der Waals surface area contributed by atoms with Crippen molar-refractivity contribution in [3.8, 4) is 5.75 Å². The molecule has 1 aromatic heterocycles. The lowest BCUT2D eigenvalue weighted by Crippen LogP contribution is -2.25. The lowest BCUT2D eigenvalue weighted by atomic mass is 9.80. The number of carbonyl (C=O) groups is 1. The van der Waals surface area contributed by atoms with Gasteiger partial charge in [-0.1, -0.05) is 19.8 Å². The van der Waals surface area contributed by atoms with E-state index in [1.807, 2.05) is 19.1 Å². The number of hydrogen-bond donors (Lipinski definition) is 0. The van der Waals surface area contributed by atoms with Gasteiger partial charge in [0.05, 0.1) is 12.1 Å². The first kappa shape index (κ1) is 14.0. The van der Waals surface area contributed by atoms with Crippen LogP contribution in [0.25, 0.3) is 0 Å². The number of carbonyl (C=O) groups excluding carboxylic acids is 1. The van der Waals surface area contributed by atoms with Gasteiger partial charge in [-0.25, -0.2) is 0 Å². The van der Waals surface area contributed by atoms with Gasteiger partial charge in [-0.15, -0.1) is 0 Å². The van der Waals surface area contributed by atoms with Crippen LogP contribution in [0.5, 0.6) is 5.75 Å². The van der Waals surface area contributed by atoms with Crippen molar-refractivity contribution in [1.29, 1.82) is 0 Å². The van der Waals surface area contributed by atoms with E-state index in [0.29, 0.717) is 5.75 Å². The third-order valence-corrected chi connectivity index (χ3v) is 3.98. The van der Waals surface area contributed by atoms with Gasteiger partial charge in [0, 0.05) is 5.69 Å². The Hall–Kier alpha value is -1.38. The van der Waals surface area contributed by atoms with Crippen LogP contribution < -0.4 is 4.74 Å². The molecule has 1 heterocycles. The molecular formula is C16H23NO2. The zero-order valence-electron chi connectivity index (χ0n) is 11.9. The maximum absolute atomic E-state index is 12.1. The number of esters is 1. The first-order valence-electron chi connectivity index (χ1n) is 7.33. The third kappa shape index (κ3) is 4.05. The highest BCUT2D eigenvalue weighted by Gasteiger charge is 2.27. The summed E-state index contributed by atoms with van der Waals surface area (Å²) in [5.74, 6) is 1.37. The van der Waals surface area contributed by atoms with Crippen LogP contribution in [0.15, 0.2) is 18.3 Å². The summed E-state index contributed by atoms with van der Waals surface area (Å²) in [5.41, 5.74) is 0.930. The van der Waals surface area contributed by atoms with Gasteiger partial charge in [0.1, 0.15) is 5.75 Å². The standard InChI is InChI=1S/C16H23NO2/c1-3-4-13-6-8-14(9-7-13)16(18)19-15-10-5-12(2)17-11-15/h5,10-11,13-14H,3-4,6-9H2,1-2H3. The Balaban J connectivity index is 1.83. The van der Waals surface area contributed by atoms with Gasteiger partial charge in [-0.05, 0) is 50.7 Å². The summed E-state index contributed by atoms with van der Waals surface area (Å²) >= 11 is 0. The van der Waals surface area contributed by atoms with Crippen LogP contribution in [0.2, 0.25) is 0 Å². The van der Waals surface area contributed by atoms with Crippen molar-refractivity contribution < 1.29 is 9.53 Å². The summed E-state index contributed by atoms with van der Waals surface area (Å²) in [7, 11) is 0. The normalized spacial score (nSPS) is 23.1. The largest absolute Gasteiger partial charge is 0.425 e. The number of rotatable bonds is 4. The molecule has 0 aliphatic heterocycles. The van der Waals surface area contributed by atoms with Gasteiger partial charge >= 0.3 is 5.97 Å². The molecule has 19 heavy (non-hydrogen) atoms. The Kier molecular flexibility index (Phi) is 4.94. The fraction of sp³-hybridized carbons (Fsp3) is 0.625. The highest BCUT2D eigenvalue weighted by molar-refractivity contribution is 5.75. The fourth-order valence-electron chi connectivity index (χ4n) is 2.81. The Labute approximate surface area is 115 Å². The topological polar surface area (TPSA) is 39.2 Å². The maximum Gasteiger partial charge on any atom is 0.314 e. The van der Waals surface area contributed by atoms with E-state index in [4.69, 9.17) is 4.74 Å². The molecule has 0 aromatic carbocycles. The maximum atomic E-state index is 12.1. The third-order valence-electron chi connectivity index (χ3n) is 3.98. The van der Waals surface area contributed by atoms with Gasteiger partial charge in [0.2, 0.25) is 0 Å². The number of aryl methyl sites for hydroxylation is 1. The molecule has 1 aromatic rings. The second kappa shape index (κ2) is 6.69. The van der Waals surface area contributed by atoms with Crippen molar-refractivity contribution in [2.75, 3.05) is 0 Å². The summed E-state index contributed by atoms with van der Waals surface area (Å²) in [4.78, 5) is 16.2. The minimum atomic E-state index is -0.0828. The smallest absolute Gasteiger partial charge is 0.314 e. The molecule has 1 aliphatic rings. The second-order valence-electron chi connectivity index (χ2n) is 5.56. The SMILES string of the molecule is CCCC1CCC(C(=O)Oc2ccc(C)nc2)CC1. The predicted molar refractivity (Wildman–Crippen MR) is 75.0 cm³/mol. The van der Waals surface area contributed by atoms with E-state index in [0.717, 1.165) is 24.5 Å². The zero-order chi connectivity index (χ0) is 13.7. The summed E-state index contributed by atoms with van der Waals surface area (Å²) in [6.45, 7) is 4.14. The monoisotopic (exact) mass is 261 g/mol. The number of ether oxygens (including phenoxy) is 1. The number of hydrogen-bond acceptors (Lipinski definition) is 3. The molecule has 0 spiro atoms. The Morgan fingerprint density at radius 3 is 2.63 bits per heavy atom. The van der Waals surface area contributed by atoms with Crippen LogP contribution in [0.4, 0.5) is 0 Å². The van der Waals surface area contributed by atoms with E-state index < -0.39 is 0 Å². The van der Waals surface area contributed by atoms with Crippen molar-refractivity contribution in [2.45, 2.75) is 52.4 Å². The van der Waals surface area contributed by atoms with E-state index in [2.05, 4.69) is 11.9 Å². The quantitative estimate of drug-likeness (QED) is 0.772. The first-order chi connectivity index (χ1) is 9.19. The lowest BCUT2D eigenvalue weighted by Gasteiger charge is -2.26. The van der Waals surface area contributed by atoms with Crippen molar-refractivity contribution in [3.05, 3.63) is 24.0 Å². The van der Waals surface area contributed by atoms with Gasteiger partial charge in [0.15, 0.2) is 0 Å². The van der Waals surface area contributed by atoms with E-state index in [1.165, 1.54) is 25.7 Å². The average molecular weight is 261 g/mol. The summed E-state index contributed by atoms with van der Waals surface area (Å²) in [5, 5.41) is 0. The van der Waals surface area contributed by atoms with Crippen LogP contribution in [0.1, 0.15) is 51.1 Å². The molecular weight excluding hydrogens is 238 g/mol. The van der Waals surface area contributed by atoms with Crippen molar-refractivity contribution in [3.63, 3.8) is 0 Å². The zero-order valence-corrected chi connectivity index (χ0v) is 11.9. The molecule has 3 nitrogen and oxygen atoms in total. The molecule has 1 aliphatic carbocycles. The van der Waals surface area contributed by atoms with Gasteiger partial charge < -0.3 is 4.74 Å². The number of pyridine rings is 1. The molecule has 1 saturated carbocycles. The highest BCUT2D eigenvalue weighted by atomic mass is 16.5. The minimum Gasteiger partial charge on any atom is -0.425 e. The lowest BCUT2D eigenvalue weighted by molar-refractivity contribution is -0.140. The van der Waals surface area contributed by atoms with Crippen molar-refractivity contribution in [1.82, 2.24) is 4.98 Å². The molecule has 1 fully saturated rings. The first-order valence-corrected chi connectivity index (χ1v) is 7.33. The summed E-state index contributed by atoms with van der Waals surface area (Å²) in [6.07, 6.45) is 8.44. The van der Waals surface area contributed by atoms with Gasteiger partial charge in [-0.3, -0.25) is 9.78 Å². The van der Waals surface area contributed by atoms with E-state index >= 15 is 0 Å². The molecule has 0 saturated heterocycles. The molecule has 0 radical (unpaired) electrons. The molecule has 0 atom stereocenters. The highest BCUT2D eigenvalue weighted by Crippen LogP contribution is 2.32. The minimum absolute atomic E-state index is 0.0782. The predicted octanol–water partition coefficient (Wildman–Crippen LogP) is 3.90. The molecule has 2 rings (SSSR count). The molecule has 3 heteroatoms. The van der Waals surface area contributed by atoms with Crippen LogP contribution in [-0.4, -0.2) is 11.0 Å². The van der Waals surface area contributed by atoms with Crippen LogP contribution in [-0.2, 0) is 4.79 Å². The van der Waals surface area contributed by atoms with Crippen molar-refractivity contribution in [2.24, 2.45) is 11.8 Å². The second-order valence-corrected chi connectivity index (χ2v) is 5.56. The van der Waals surface area contributed by atoms with Crippen LogP contribution >= 0.6 is 0 Å². The van der Waals surface area contributed by atoms with Gasteiger partial charge in [0.25, 0.3) is 0 Å². The van der Waals surface area contributed by atoms with Crippen molar-refractivity contribution >= 4 is 5.97 Å². The molecule has 0 amide bonds. The van der Waals surface area contributed by atoms with Crippen LogP contribution in [0, 0.1) is 18.8 Å². The van der Waals surface area contributed by atoms with E-state index in [1.54, 1.807) is 6.20 Å². The van der Waals surface area contributed by atoms with Crippen LogP contribution in [0.3, 0.4) is 0 Å². The van der Waals surface area contributed by atoms with Gasteiger partial charge in [-0.2, -0.15) is 0 Å². The Morgan fingerprint density at radius 1 is 1.32 bits per heavy atom. The number of nitrogens with zero attached hydrogens (tertiary/aromatic N) is 1. The molecule has 104 valence electrons. The van der Waals surface area contributed by atoms with E-state index in [9.17, 15) is 4.79 Å². The summed E-state index contributed by atoms with van der Waals surface area (Å²) < 4.78 is 5.40. The van der Waals surface area contributed by atoms with E-state index in [-0.39, 0.29) is 11.9 Å². The Bertz CT molecular complexity index is 405. The summed E-state index contributed by atoms with van der Waals surface area (Å²) in [6, 6.07) is 3.67. The molecule has 0 unspecified atom stereocenters.